The van der Waals surface area contributed by atoms with Crippen molar-refractivity contribution in [2.75, 3.05) is 13.2 Å². The Hall–Kier alpha value is -0.940. The minimum Gasteiger partial charge on any atom is -0.396 e. The first-order valence-electron chi connectivity index (χ1n) is 7.86. The van der Waals surface area contributed by atoms with Crippen molar-refractivity contribution in [3.05, 3.63) is 11.6 Å². The molecule has 20 heavy (non-hydrogen) atoms. The van der Waals surface area contributed by atoms with Crippen LogP contribution in [0.25, 0.3) is 0 Å². The lowest BCUT2D eigenvalue weighted by molar-refractivity contribution is 0.132. The molecule has 0 aliphatic carbocycles. The summed E-state index contributed by atoms with van der Waals surface area (Å²) in [4.78, 5) is 0. The Morgan fingerprint density at radius 2 is 2.15 bits per heavy atom. The number of rotatable bonds is 6. The first-order chi connectivity index (χ1) is 9.59. The first-order valence-corrected chi connectivity index (χ1v) is 7.86. The zero-order valence-electron chi connectivity index (χ0n) is 13.0. The van der Waals surface area contributed by atoms with Gasteiger partial charge in [-0.1, -0.05) is 20.3 Å². The van der Waals surface area contributed by atoms with E-state index in [4.69, 9.17) is 0 Å². The molecule has 114 valence electrons. The first kappa shape index (κ1) is 15.4. The second-order valence-corrected chi connectivity index (χ2v) is 6.36. The molecule has 2 heterocycles. The molecule has 2 rings (SSSR count). The second kappa shape index (κ2) is 6.68. The molecule has 0 spiro atoms. The number of fused-ring (bicyclic) bond motifs is 1. The molecule has 2 atom stereocenters. The summed E-state index contributed by atoms with van der Waals surface area (Å²) in [6.07, 6.45) is 5.72. The molecule has 0 fully saturated rings. The summed E-state index contributed by atoms with van der Waals surface area (Å²) < 4.78 is 2.28. The molecule has 0 saturated heterocycles. The zero-order valence-corrected chi connectivity index (χ0v) is 13.0. The lowest BCUT2D eigenvalue weighted by atomic mass is 9.88. The molecule has 0 saturated carbocycles. The van der Waals surface area contributed by atoms with Crippen LogP contribution < -0.4 is 5.32 Å². The van der Waals surface area contributed by atoms with Crippen molar-refractivity contribution in [1.29, 1.82) is 0 Å². The van der Waals surface area contributed by atoms with Gasteiger partial charge in [0.25, 0.3) is 0 Å². The van der Waals surface area contributed by atoms with Gasteiger partial charge in [0.05, 0.1) is 6.04 Å². The van der Waals surface area contributed by atoms with Crippen LogP contribution in [0.15, 0.2) is 0 Å². The Bertz CT molecular complexity index is 426. The summed E-state index contributed by atoms with van der Waals surface area (Å²) in [5, 5.41) is 21.7. The second-order valence-electron chi connectivity index (χ2n) is 6.36. The summed E-state index contributed by atoms with van der Waals surface area (Å²) in [7, 11) is 0. The van der Waals surface area contributed by atoms with E-state index in [0.717, 1.165) is 37.6 Å². The van der Waals surface area contributed by atoms with E-state index in [1.165, 1.54) is 19.3 Å². The van der Waals surface area contributed by atoms with E-state index in [1.54, 1.807) is 0 Å². The number of aromatic nitrogens is 3. The molecule has 0 aromatic carbocycles. The number of nitrogens with one attached hydrogen (secondary N) is 1. The predicted molar refractivity (Wildman–Crippen MR) is 79.5 cm³/mol. The molecule has 0 amide bonds. The smallest absolute Gasteiger partial charge is 0.149 e. The lowest BCUT2D eigenvalue weighted by Crippen LogP contribution is -2.36. The van der Waals surface area contributed by atoms with Crippen LogP contribution >= 0.6 is 0 Å². The van der Waals surface area contributed by atoms with E-state index in [1.807, 2.05) is 0 Å². The predicted octanol–water partition coefficient (Wildman–Crippen LogP) is 2.06. The Balaban J connectivity index is 2.03. The summed E-state index contributed by atoms with van der Waals surface area (Å²) >= 11 is 0. The number of hydrogen-bond acceptors (Lipinski definition) is 4. The highest BCUT2D eigenvalue weighted by atomic mass is 16.3. The highest BCUT2D eigenvalue weighted by Crippen LogP contribution is 2.22. The van der Waals surface area contributed by atoms with Gasteiger partial charge in [-0.25, -0.2) is 0 Å². The summed E-state index contributed by atoms with van der Waals surface area (Å²) in [5.41, 5.74) is -0.0596. The molecular weight excluding hydrogens is 252 g/mol. The molecule has 5 heteroatoms. The number of aliphatic hydroxyl groups excluding tert-OH is 1. The quantitative estimate of drug-likeness (QED) is 0.837. The summed E-state index contributed by atoms with van der Waals surface area (Å²) in [6, 6.07) is 0.173. The van der Waals surface area contributed by atoms with Crippen LogP contribution in [0, 0.1) is 5.41 Å². The Morgan fingerprint density at radius 1 is 1.35 bits per heavy atom. The molecule has 1 aliphatic rings. The summed E-state index contributed by atoms with van der Waals surface area (Å²) in [5.74, 6) is 2.17. The van der Waals surface area contributed by atoms with Crippen LogP contribution in [0.2, 0.25) is 0 Å². The maximum Gasteiger partial charge on any atom is 0.149 e. The standard InChI is InChI=1S/C15H28N4O/c1-4-15(3,11-20)10-16-12(2)14-18-17-13-8-6-5-7-9-19(13)14/h12,16,20H,4-11H2,1-3H3. The van der Waals surface area contributed by atoms with Gasteiger partial charge in [-0.3, -0.25) is 0 Å². The Morgan fingerprint density at radius 3 is 2.85 bits per heavy atom. The number of hydrogen-bond donors (Lipinski definition) is 2. The van der Waals surface area contributed by atoms with Gasteiger partial charge >= 0.3 is 0 Å². The van der Waals surface area contributed by atoms with Crippen LogP contribution in [-0.4, -0.2) is 33.0 Å². The fraction of sp³-hybridized carbons (Fsp3) is 0.867. The zero-order chi connectivity index (χ0) is 14.6. The van der Waals surface area contributed by atoms with E-state index in [9.17, 15) is 5.11 Å². The monoisotopic (exact) mass is 280 g/mol. The number of aryl methyl sites for hydroxylation is 1. The van der Waals surface area contributed by atoms with Crippen LogP contribution in [0.1, 0.15) is 64.1 Å². The van der Waals surface area contributed by atoms with Gasteiger partial charge < -0.3 is 15.0 Å². The average molecular weight is 280 g/mol. The van der Waals surface area contributed by atoms with Crippen LogP contribution in [-0.2, 0) is 13.0 Å². The fourth-order valence-electron chi connectivity index (χ4n) is 2.61. The van der Waals surface area contributed by atoms with E-state index in [-0.39, 0.29) is 18.1 Å². The third kappa shape index (κ3) is 3.38. The van der Waals surface area contributed by atoms with Crippen LogP contribution in [0.3, 0.4) is 0 Å². The maximum atomic E-state index is 9.48. The van der Waals surface area contributed by atoms with Crippen molar-refractivity contribution in [2.45, 2.75) is 65.5 Å². The van der Waals surface area contributed by atoms with E-state index in [0.29, 0.717) is 0 Å². The van der Waals surface area contributed by atoms with Crippen molar-refractivity contribution < 1.29 is 5.11 Å². The van der Waals surface area contributed by atoms with Crippen molar-refractivity contribution >= 4 is 0 Å². The number of aliphatic hydroxyl groups is 1. The SMILES string of the molecule is CCC(C)(CO)CNC(C)c1nnc2n1CCCCC2. The minimum absolute atomic E-state index is 0.0596. The topological polar surface area (TPSA) is 63.0 Å². The third-order valence-corrected chi connectivity index (χ3v) is 4.60. The average Bonchev–Trinajstić information content (AvgIpc) is 2.73. The third-order valence-electron chi connectivity index (χ3n) is 4.60. The molecule has 0 radical (unpaired) electrons. The Labute approximate surface area is 121 Å². The molecule has 2 unspecified atom stereocenters. The fourth-order valence-corrected chi connectivity index (χ4v) is 2.61. The van der Waals surface area contributed by atoms with Gasteiger partial charge in [-0.2, -0.15) is 0 Å². The van der Waals surface area contributed by atoms with Gasteiger partial charge in [-0.15, -0.1) is 10.2 Å². The lowest BCUT2D eigenvalue weighted by Gasteiger charge is -2.28. The van der Waals surface area contributed by atoms with Crippen molar-refractivity contribution in [3.8, 4) is 0 Å². The van der Waals surface area contributed by atoms with E-state index < -0.39 is 0 Å². The summed E-state index contributed by atoms with van der Waals surface area (Å²) in [6.45, 7) is 8.40. The molecule has 1 aliphatic heterocycles. The highest BCUT2D eigenvalue weighted by Gasteiger charge is 2.24. The largest absolute Gasteiger partial charge is 0.396 e. The van der Waals surface area contributed by atoms with Gasteiger partial charge in [-0.05, 0) is 26.2 Å². The van der Waals surface area contributed by atoms with E-state index in [2.05, 4.69) is 40.9 Å². The van der Waals surface area contributed by atoms with Gasteiger partial charge in [0.2, 0.25) is 0 Å². The van der Waals surface area contributed by atoms with Crippen LogP contribution in [0.5, 0.6) is 0 Å². The molecule has 0 bridgehead atoms. The van der Waals surface area contributed by atoms with Crippen molar-refractivity contribution in [3.63, 3.8) is 0 Å². The van der Waals surface area contributed by atoms with Crippen molar-refractivity contribution in [2.24, 2.45) is 5.41 Å². The normalized spacial score (nSPS) is 20.0. The molecule has 2 N–H and O–H groups in total. The van der Waals surface area contributed by atoms with Crippen molar-refractivity contribution in [1.82, 2.24) is 20.1 Å². The minimum atomic E-state index is -0.0596. The van der Waals surface area contributed by atoms with Gasteiger partial charge in [0.1, 0.15) is 11.6 Å². The Kier molecular flexibility index (Phi) is 5.16. The highest BCUT2D eigenvalue weighted by molar-refractivity contribution is 5.02. The molecular formula is C15H28N4O. The number of nitrogens with zero attached hydrogens (tertiary/aromatic N) is 3. The molecule has 5 nitrogen and oxygen atoms in total. The van der Waals surface area contributed by atoms with Crippen LogP contribution in [0.4, 0.5) is 0 Å². The van der Waals surface area contributed by atoms with Gasteiger partial charge in [0, 0.05) is 31.5 Å². The molecule has 1 aromatic heterocycles. The van der Waals surface area contributed by atoms with Gasteiger partial charge in [0.15, 0.2) is 0 Å². The van der Waals surface area contributed by atoms with E-state index >= 15 is 0 Å². The molecule has 1 aromatic rings. The maximum absolute atomic E-state index is 9.48.